The summed E-state index contributed by atoms with van der Waals surface area (Å²) in [6.45, 7) is 4.50. The van der Waals surface area contributed by atoms with Gasteiger partial charge in [-0.25, -0.2) is 0 Å². The summed E-state index contributed by atoms with van der Waals surface area (Å²) in [7, 11) is 6.23. The number of hydrogen-bond donors (Lipinski definition) is 2. The summed E-state index contributed by atoms with van der Waals surface area (Å²) < 4.78 is 2.26. The smallest absolute Gasteiger partial charge is 0.319 e. The molecular formula is C39H32Cl3CoN10O8S2-. The Morgan fingerprint density at radius 3 is 1.67 bits per heavy atom. The fourth-order valence-corrected chi connectivity index (χ4v) is 7.16. The molecule has 2 aromatic carbocycles. The molecule has 1 aliphatic heterocycles. The maximum Gasteiger partial charge on any atom is 0.319 e. The monoisotopic (exact) mass is 996 g/mol. The molecule has 0 bridgehead atoms. The predicted molar refractivity (Wildman–Crippen MR) is 239 cm³/mol. The van der Waals surface area contributed by atoms with Crippen LogP contribution in [0.1, 0.15) is 25.0 Å². The normalized spacial score (nSPS) is 17.2. The minimum Gasteiger partial charge on any atom is -0.506 e. The van der Waals surface area contributed by atoms with E-state index in [1.165, 1.54) is 28.2 Å². The molecule has 3 heterocycles. The van der Waals surface area contributed by atoms with E-state index >= 15 is 0 Å². The summed E-state index contributed by atoms with van der Waals surface area (Å²) in [6, 6.07) is 14.7. The molecule has 0 saturated carbocycles. The summed E-state index contributed by atoms with van der Waals surface area (Å²) in [5, 5.41) is 54.5. The number of aromatic nitrogens is 2. The first-order chi connectivity index (χ1) is 29.2. The fourth-order valence-electron chi connectivity index (χ4n) is 5.56. The molecule has 2 aromatic heterocycles. The van der Waals surface area contributed by atoms with Crippen LogP contribution < -0.4 is 24.5 Å². The molecule has 3 aliphatic rings. The van der Waals surface area contributed by atoms with E-state index in [1.54, 1.807) is 0 Å². The maximum atomic E-state index is 11.1. The Kier molecular flexibility index (Phi) is 16.8. The minimum atomic E-state index is -0.600. The number of fused-ring (bicyclic) bond motifs is 1. The molecule has 0 spiro atoms. The second kappa shape index (κ2) is 21.3. The van der Waals surface area contributed by atoms with Gasteiger partial charge in [0.05, 0.1) is 25.3 Å². The van der Waals surface area contributed by atoms with Crippen LogP contribution in [0.2, 0.25) is 5.02 Å². The van der Waals surface area contributed by atoms with Gasteiger partial charge in [-0.15, -0.1) is 0 Å². The first-order valence-corrected chi connectivity index (χ1v) is 20.3. The average molecular weight is 998 g/mol. The van der Waals surface area contributed by atoms with Gasteiger partial charge in [-0.2, -0.15) is 4.58 Å². The molecule has 0 atom stereocenters. The zero-order valence-corrected chi connectivity index (χ0v) is 38.2. The largest absolute Gasteiger partial charge is 0.506 e. The molecule has 24 heteroatoms. The zero-order chi connectivity index (χ0) is 45.5. The van der Waals surface area contributed by atoms with Crippen molar-refractivity contribution in [3.8, 4) is 0 Å². The second-order valence-electron chi connectivity index (χ2n) is 13.5. The van der Waals surface area contributed by atoms with Crippen molar-refractivity contribution in [2.45, 2.75) is 19.3 Å². The van der Waals surface area contributed by atoms with Crippen molar-refractivity contribution < 1.29 is 51.0 Å². The Bertz CT molecular complexity index is 2760. The van der Waals surface area contributed by atoms with Crippen LogP contribution >= 0.6 is 57.5 Å². The van der Waals surface area contributed by atoms with Crippen molar-refractivity contribution >= 4 is 114 Å². The Balaban J connectivity index is 0.000000208. The van der Waals surface area contributed by atoms with Gasteiger partial charge in [0.2, 0.25) is 17.3 Å². The number of carbonyl (C=O) groups excluding carboxylic acids is 2. The number of allylic oxidation sites excluding steroid dienone is 7. The first-order valence-electron chi connectivity index (χ1n) is 17.5. The molecule has 1 radical (unpaired) electrons. The molecule has 329 valence electrons. The molecule has 2 aliphatic carbocycles. The zero-order valence-electron chi connectivity index (χ0n) is 33.3. The van der Waals surface area contributed by atoms with E-state index < -0.39 is 21.4 Å². The third-order valence-corrected chi connectivity index (χ3v) is 11.2. The van der Waals surface area contributed by atoms with Crippen molar-refractivity contribution in [2.75, 3.05) is 26.0 Å². The SMILES string of the molecule is CN(C)c1ccc(/C=C/C2=[N+](C)c3ccc(Cl)cc3C2(C)C)cc1.O=C1C=C(O)C(=NN=c2[n-]cc([N+](=O)[O-])s2)C=C1Cl.O=C1C=C(O)C(=NN=c2[n-]cc([N+](=O)[O-])s2)C=C1Cl.[Co]. The predicted octanol–water partition coefficient (Wildman–Crippen LogP) is 7.16. The quantitative estimate of drug-likeness (QED) is 0.0814. The Morgan fingerprint density at radius 1 is 0.762 bits per heavy atom. The average Bonchev–Trinajstić information content (AvgIpc) is 3.95. The number of hydrogen-bond acceptors (Lipinski definition) is 15. The van der Waals surface area contributed by atoms with Crippen LogP contribution in [0.3, 0.4) is 0 Å². The Morgan fingerprint density at radius 2 is 1.24 bits per heavy atom. The van der Waals surface area contributed by atoms with Crippen molar-refractivity contribution in [1.29, 1.82) is 0 Å². The topological polar surface area (TPSA) is 245 Å². The molecule has 0 unspecified atom stereocenters. The van der Waals surface area contributed by atoms with Crippen LogP contribution in [0.5, 0.6) is 0 Å². The summed E-state index contributed by atoms with van der Waals surface area (Å²) >= 11 is 18.8. The Labute approximate surface area is 390 Å². The van der Waals surface area contributed by atoms with Gasteiger partial charge in [0, 0.05) is 93.4 Å². The molecule has 18 nitrogen and oxygen atoms in total. The number of ketones is 2. The van der Waals surface area contributed by atoms with E-state index in [2.05, 4.69) is 123 Å². The summed E-state index contributed by atoms with van der Waals surface area (Å²) in [4.78, 5) is 51.4. The molecular weight excluding hydrogens is 966 g/mol. The van der Waals surface area contributed by atoms with E-state index in [9.17, 15) is 40.0 Å². The first kappa shape index (κ1) is 49.6. The number of benzene rings is 2. The third-order valence-electron chi connectivity index (χ3n) is 8.71. The van der Waals surface area contributed by atoms with Crippen LogP contribution in [0.25, 0.3) is 6.08 Å². The van der Waals surface area contributed by atoms with Gasteiger partial charge in [-0.3, -0.25) is 40.0 Å². The van der Waals surface area contributed by atoms with Crippen LogP contribution in [0.15, 0.2) is 127 Å². The number of aliphatic hydroxyl groups is 2. The second-order valence-corrected chi connectivity index (χ2v) is 16.7. The molecule has 0 amide bonds. The van der Waals surface area contributed by atoms with Crippen LogP contribution in [0, 0.1) is 20.2 Å². The van der Waals surface area contributed by atoms with Gasteiger partial charge in [0.1, 0.15) is 30.0 Å². The van der Waals surface area contributed by atoms with E-state index in [1.807, 2.05) is 6.07 Å². The van der Waals surface area contributed by atoms with E-state index in [-0.39, 0.29) is 74.8 Å². The van der Waals surface area contributed by atoms with Gasteiger partial charge >= 0.3 is 10.0 Å². The number of carbonyl (C=O) groups is 2. The summed E-state index contributed by atoms with van der Waals surface area (Å²) in [5.74, 6) is -1.85. The fraction of sp³-hybridized carbons (Fsp3) is 0.154. The maximum absolute atomic E-state index is 11.1. The van der Waals surface area contributed by atoms with E-state index in [0.717, 1.165) is 64.4 Å². The number of aliphatic hydroxyl groups excluding tert-OH is 2. The Hall–Kier alpha value is -6.07. The van der Waals surface area contributed by atoms with Gasteiger partial charge < -0.3 is 35.3 Å². The van der Waals surface area contributed by atoms with Gasteiger partial charge in [-0.05, 0) is 61.9 Å². The molecule has 4 aromatic rings. The third kappa shape index (κ3) is 12.5. The van der Waals surface area contributed by atoms with E-state index in [0.29, 0.717) is 0 Å². The minimum absolute atomic E-state index is 0. The van der Waals surface area contributed by atoms with Crippen molar-refractivity contribution in [2.24, 2.45) is 20.4 Å². The molecule has 7 rings (SSSR count). The standard InChI is InChI=1S/C21H24ClN2.2C9H5ClN4O4S.Co/c1-21(2)18-14-16(22)9-12-19(18)24(5)20(21)13-8-15-6-10-17(11-7-15)23(3)4;2*10-4-1-5(7(16)2-6(4)15)12-13-9-11-3-8(19-9)14(17)18;/h6-14H,1-5H3;2*1-3H,(H2,11,13,15,16);/q+1;;;/p-2. The molecule has 63 heavy (non-hydrogen) atoms. The van der Waals surface area contributed by atoms with Crippen molar-refractivity contribution in [1.82, 2.24) is 9.97 Å². The molecule has 0 fully saturated rings. The van der Waals surface area contributed by atoms with Crippen LogP contribution in [-0.2, 0) is 31.8 Å². The number of thiazole rings is 2. The van der Waals surface area contributed by atoms with E-state index in [4.69, 9.17) is 34.8 Å². The molecule has 2 N–H and O–H groups in total. The van der Waals surface area contributed by atoms with Gasteiger partial charge in [-0.1, -0.05) is 69.6 Å². The number of anilines is 1. The summed E-state index contributed by atoms with van der Waals surface area (Å²) in [5.41, 5.74) is 6.08. The van der Waals surface area contributed by atoms with Gasteiger partial charge in [0.25, 0.3) is 0 Å². The number of nitro groups is 2. The van der Waals surface area contributed by atoms with Crippen LogP contribution in [-0.4, -0.2) is 74.5 Å². The molecule has 0 saturated heterocycles. The number of rotatable bonds is 7. The van der Waals surface area contributed by atoms with Gasteiger partial charge in [0.15, 0.2) is 5.71 Å². The number of halogens is 3. The number of nitrogens with zero attached hydrogens (tertiary/aromatic N) is 10. The van der Waals surface area contributed by atoms with Crippen molar-refractivity contribution in [3.63, 3.8) is 0 Å². The van der Waals surface area contributed by atoms with Crippen LogP contribution in [0.4, 0.5) is 21.4 Å². The van der Waals surface area contributed by atoms with Crippen molar-refractivity contribution in [3.05, 3.63) is 153 Å². The summed E-state index contributed by atoms with van der Waals surface area (Å²) in [6.07, 6.45) is 10.6.